The van der Waals surface area contributed by atoms with E-state index in [0.717, 1.165) is 5.56 Å². The van der Waals surface area contributed by atoms with Crippen molar-refractivity contribution < 1.29 is 14.3 Å². The summed E-state index contributed by atoms with van der Waals surface area (Å²) in [6, 6.07) is 9.33. The fourth-order valence-corrected chi connectivity index (χ4v) is 1.96. The molecule has 0 radical (unpaired) electrons. The molecule has 0 bridgehead atoms. The highest BCUT2D eigenvalue weighted by atomic mass is 35.5. The minimum absolute atomic E-state index is 0.205. The molecule has 1 saturated heterocycles. The summed E-state index contributed by atoms with van der Waals surface area (Å²) < 4.78 is 10.7. The van der Waals surface area contributed by atoms with Gasteiger partial charge in [0.15, 0.2) is 4.84 Å². The van der Waals surface area contributed by atoms with Crippen LogP contribution in [0.15, 0.2) is 30.3 Å². The quantitative estimate of drug-likeness (QED) is 0.866. The van der Waals surface area contributed by atoms with E-state index in [-0.39, 0.29) is 18.9 Å². The largest absolute Gasteiger partial charge is 0.353 e. The zero-order chi connectivity index (χ0) is 13.0. The number of carbonyl (C=O) groups is 1. The standard InChI is InChI=1S/C12H13Cl2NO3/c13-11(14)12(16)15-9-6-17-7-18-10(9)8-4-2-1-3-5-8/h1-5,9-11H,6-7H2,(H,15,16)/t9-,10-/m0/s1. The van der Waals surface area contributed by atoms with Crippen molar-refractivity contribution in [3.63, 3.8) is 0 Å². The average Bonchev–Trinajstić information content (AvgIpc) is 2.40. The van der Waals surface area contributed by atoms with Crippen molar-refractivity contribution in [1.82, 2.24) is 5.32 Å². The summed E-state index contributed by atoms with van der Waals surface area (Å²) in [6.45, 7) is 0.572. The van der Waals surface area contributed by atoms with Gasteiger partial charge >= 0.3 is 0 Å². The second-order valence-electron chi connectivity index (χ2n) is 3.90. The molecule has 0 spiro atoms. The summed E-state index contributed by atoms with van der Waals surface area (Å²) >= 11 is 11.0. The van der Waals surface area contributed by atoms with E-state index < -0.39 is 10.7 Å². The number of benzene rings is 1. The zero-order valence-electron chi connectivity index (χ0n) is 9.51. The molecule has 1 heterocycles. The summed E-state index contributed by atoms with van der Waals surface area (Å²) in [5.74, 6) is -0.446. The van der Waals surface area contributed by atoms with Crippen LogP contribution in [0.5, 0.6) is 0 Å². The molecule has 6 heteroatoms. The van der Waals surface area contributed by atoms with Crippen LogP contribution in [0.1, 0.15) is 11.7 Å². The average molecular weight is 290 g/mol. The van der Waals surface area contributed by atoms with Crippen LogP contribution in [0, 0.1) is 0 Å². The molecule has 1 aromatic rings. The van der Waals surface area contributed by atoms with Crippen LogP contribution in [0.2, 0.25) is 0 Å². The van der Waals surface area contributed by atoms with Gasteiger partial charge in [0.1, 0.15) is 12.9 Å². The summed E-state index contributed by atoms with van der Waals surface area (Å²) in [6.07, 6.45) is -0.254. The number of amides is 1. The highest BCUT2D eigenvalue weighted by Crippen LogP contribution is 2.25. The maximum atomic E-state index is 11.5. The van der Waals surface area contributed by atoms with Gasteiger partial charge in [0, 0.05) is 0 Å². The molecule has 1 amide bonds. The van der Waals surface area contributed by atoms with E-state index in [1.165, 1.54) is 0 Å². The predicted molar refractivity (Wildman–Crippen MR) is 68.5 cm³/mol. The van der Waals surface area contributed by atoms with E-state index >= 15 is 0 Å². The van der Waals surface area contributed by atoms with Crippen molar-refractivity contribution in [3.05, 3.63) is 35.9 Å². The Kier molecular flexibility index (Phi) is 4.83. The molecule has 1 aliphatic heterocycles. The molecule has 98 valence electrons. The van der Waals surface area contributed by atoms with Crippen LogP contribution >= 0.6 is 23.2 Å². The lowest BCUT2D eigenvalue weighted by Crippen LogP contribution is -2.47. The van der Waals surface area contributed by atoms with Crippen molar-refractivity contribution in [2.24, 2.45) is 0 Å². The third-order valence-corrected chi connectivity index (χ3v) is 3.04. The van der Waals surface area contributed by atoms with Gasteiger partial charge in [-0.2, -0.15) is 0 Å². The zero-order valence-corrected chi connectivity index (χ0v) is 11.0. The van der Waals surface area contributed by atoms with E-state index in [0.29, 0.717) is 6.61 Å². The first-order valence-corrected chi connectivity index (χ1v) is 6.38. The summed E-state index contributed by atoms with van der Waals surface area (Å²) in [7, 11) is 0. The van der Waals surface area contributed by atoms with Crippen molar-refractivity contribution in [2.45, 2.75) is 17.0 Å². The van der Waals surface area contributed by atoms with E-state index in [9.17, 15) is 4.79 Å². The van der Waals surface area contributed by atoms with Gasteiger partial charge < -0.3 is 14.8 Å². The summed E-state index contributed by atoms with van der Waals surface area (Å²) in [4.78, 5) is 10.4. The molecular formula is C12H13Cl2NO3. The number of hydrogen-bond acceptors (Lipinski definition) is 3. The lowest BCUT2D eigenvalue weighted by Gasteiger charge is -2.32. The number of ether oxygens (including phenoxy) is 2. The fourth-order valence-electron chi connectivity index (χ4n) is 1.83. The molecule has 2 atom stereocenters. The molecule has 1 aromatic carbocycles. The van der Waals surface area contributed by atoms with Gasteiger partial charge in [0.2, 0.25) is 0 Å². The van der Waals surface area contributed by atoms with Crippen LogP contribution in [0.3, 0.4) is 0 Å². The van der Waals surface area contributed by atoms with Crippen LogP contribution in [-0.2, 0) is 14.3 Å². The van der Waals surface area contributed by atoms with Crippen molar-refractivity contribution in [2.75, 3.05) is 13.4 Å². The van der Waals surface area contributed by atoms with Crippen LogP contribution in [-0.4, -0.2) is 30.2 Å². The minimum atomic E-state index is -1.09. The molecule has 2 rings (SSSR count). The molecule has 0 aromatic heterocycles. The smallest absolute Gasteiger partial charge is 0.253 e. The SMILES string of the molecule is O=C(N[C@H]1COCO[C@H]1c1ccccc1)C(Cl)Cl. The van der Waals surface area contributed by atoms with Crippen LogP contribution in [0.25, 0.3) is 0 Å². The minimum Gasteiger partial charge on any atom is -0.353 e. The number of rotatable bonds is 3. The Labute approximate surface area is 115 Å². The molecule has 18 heavy (non-hydrogen) atoms. The third-order valence-electron chi connectivity index (χ3n) is 2.65. The maximum Gasteiger partial charge on any atom is 0.253 e. The third kappa shape index (κ3) is 3.36. The Balaban J connectivity index is 2.09. The number of alkyl halides is 2. The highest BCUT2D eigenvalue weighted by molar-refractivity contribution is 6.53. The van der Waals surface area contributed by atoms with Crippen LogP contribution < -0.4 is 5.32 Å². The van der Waals surface area contributed by atoms with Gasteiger partial charge in [0.05, 0.1) is 12.6 Å². The first-order chi connectivity index (χ1) is 8.68. The number of hydrogen-bond donors (Lipinski definition) is 1. The van der Waals surface area contributed by atoms with E-state index in [4.69, 9.17) is 32.7 Å². The van der Waals surface area contributed by atoms with Gasteiger partial charge in [-0.1, -0.05) is 53.5 Å². The Morgan fingerprint density at radius 2 is 2.06 bits per heavy atom. The fraction of sp³-hybridized carbons (Fsp3) is 0.417. The Hall–Kier alpha value is -0.810. The first kappa shape index (κ1) is 13.6. The van der Waals surface area contributed by atoms with Crippen LogP contribution in [0.4, 0.5) is 0 Å². The molecule has 1 aliphatic rings. The van der Waals surface area contributed by atoms with Gasteiger partial charge in [-0.3, -0.25) is 4.79 Å². The second-order valence-corrected chi connectivity index (χ2v) is 5.00. The molecule has 0 unspecified atom stereocenters. The molecule has 0 saturated carbocycles. The second kappa shape index (κ2) is 6.38. The van der Waals surface area contributed by atoms with Gasteiger partial charge in [-0.15, -0.1) is 0 Å². The first-order valence-electron chi connectivity index (χ1n) is 5.51. The van der Waals surface area contributed by atoms with Gasteiger partial charge in [0.25, 0.3) is 5.91 Å². The van der Waals surface area contributed by atoms with E-state index in [2.05, 4.69) is 5.32 Å². The Bertz CT molecular complexity index is 400. The molecular weight excluding hydrogens is 277 g/mol. The Morgan fingerprint density at radius 3 is 2.72 bits per heavy atom. The Morgan fingerprint density at radius 1 is 1.33 bits per heavy atom. The molecule has 4 nitrogen and oxygen atoms in total. The summed E-state index contributed by atoms with van der Waals surface area (Å²) in [5, 5.41) is 2.71. The molecule has 0 aliphatic carbocycles. The number of carbonyl (C=O) groups excluding carboxylic acids is 1. The van der Waals surface area contributed by atoms with Gasteiger partial charge in [-0.05, 0) is 5.56 Å². The van der Waals surface area contributed by atoms with E-state index in [1.807, 2.05) is 30.3 Å². The molecule has 1 N–H and O–H groups in total. The highest BCUT2D eigenvalue weighted by Gasteiger charge is 2.30. The van der Waals surface area contributed by atoms with Crippen molar-refractivity contribution in [3.8, 4) is 0 Å². The number of halogens is 2. The lowest BCUT2D eigenvalue weighted by molar-refractivity contribution is -0.161. The monoisotopic (exact) mass is 289 g/mol. The topological polar surface area (TPSA) is 47.6 Å². The number of nitrogens with one attached hydrogen (secondary N) is 1. The summed E-state index contributed by atoms with van der Waals surface area (Å²) in [5.41, 5.74) is 0.979. The lowest BCUT2D eigenvalue weighted by atomic mass is 10.0. The van der Waals surface area contributed by atoms with E-state index in [1.54, 1.807) is 0 Å². The maximum absolute atomic E-state index is 11.5. The van der Waals surface area contributed by atoms with Crippen molar-refractivity contribution in [1.29, 1.82) is 0 Å². The molecule has 1 fully saturated rings. The van der Waals surface area contributed by atoms with Crippen molar-refractivity contribution >= 4 is 29.1 Å². The predicted octanol–water partition coefficient (Wildman–Crippen LogP) is 2.02. The normalized spacial score (nSPS) is 23.9. The van der Waals surface area contributed by atoms with Gasteiger partial charge in [-0.25, -0.2) is 0 Å².